The van der Waals surface area contributed by atoms with Gasteiger partial charge in [0.15, 0.2) is 11.5 Å². The molecule has 0 fully saturated rings. The molecule has 0 spiro atoms. The lowest BCUT2D eigenvalue weighted by Crippen LogP contribution is -2.07. The van der Waals surface area contributed by atoms with E-state index in [9.17, 15) is 4.79 Å². The summed E-state index contributed by atoms with van der Waals surface area (Å²) in [6, 6.07) is 6.98. The van der Waals surface area contributed by atoms with Gasteiger partial charge in [-0.3, -0.25) is 4.79 Å². The van der Waals surface area contributed by atoms with Gasteiger partial charge in [-0.05, 0) is 57.0 Å². The number of nitrogen functional groups attached to an aromatic ring is 1. The lowest BCUT2D eigenvalue weighted by molar-refractivity contribution is 0.103. The summed E-state index contributed by atoms with van der Waals surface area (Å²) in [5.74, 6) is 0.341. The molecule has 1 aromatic heterocycles. The summed E-state index contributed by atoms with van der Waals surface area (Å²) in [6.45, 7) is 2.32. The lowest BCUT2D eigenvalue weighted by Gasteiger charge is -2.11. The summed E-state index contributed by atoms with van der Waals surface area (Å²) in [4.78, 5) is 12.5. The lowest BCUT2D eigenvalue weighted by atomic mass is 10.0. The highest BCUT2D eigenvalue weighted by atomic mass is 79.9. The third-order valence-electron chi connectivity index (χ3n) is 2.48. The Morgan fingerprint density at radius 1 is 1.37 bits per heavy atom. The van der Waals surface area contributed by atoms with Crippen molar-refractivity contribution in [3.63, 3.8) is 0 Å². The fourth-order valence-corrected chi connectivity index (χ4v) is 4.47. The zero-order valence-corrected chi connectivity index (χ0v) is 14.1. The van der Waals surface area contributed by atoms with Crippen molar-refractivity contribution in [1.29, 1.82) is 0 Å². The van der Waals surface area contributed by atoms with Crippen molar-refractivity contribution in [3.05, 3.63) is 43.0 Å². The molecule has 1 aromatic carbocycles. The first kappa shape index (κ1) is 14.6. The molecule has 0 unspecified atom stereocenters. The molecule has 0 aliphatic heterocycles. The standard InChI is InChI=1S/C13H11Br2NO2S/c1-2-18-12-7(4-3-5-9(12)16)11(17)8-6-10(14)19-13(8)15/h3-6H,2,16H2,1H3. The number of para-hydroxylation sites is 1. The van der Waals surface area contributed by atoms with Crippen molar-refractivity contribution in [3.8, 4) is 5.75 Å². The maximum atomic E-state index is 12.5. The van der Waals surface area contributed by atoms with Gasteiger partial charge in [-0.1, -0.05) is 6.07 Å². The van der Waals surface area contributed by atoms with Gasteiger partial charge < -0.3 is 10.5 Å². The summed E-state index contributed by atoms with van der Waals surface area (Å²) < 4.78 is 7.17. The second-order valence-electron chi connectivity index (χ2n) is 3.72. The van der Waals surface area contributed by atoms with Crippen LogP contribution in [0.3, 0.4) is 0 Å². The summed E-state index contributed by atoms with van der Waals surface area (Å²) in [6.07, 6.45) is 0. The molecular weight excluding hydrogens is 394 g/mol. The number of benzene rings is 1. The van der Waals surface area contributed by atoms with Crippen molar-refractivity contribution < 1.29 is 9.53 Å². The Morgan fingerprint density at radius 2 is 2.11 bits per heavy atom. The number of carbonyl (C=O) groups is 1. The molecule has 6 heteroatoms. The number of carbonyl (C=O) groups excluding carboxylic acids is 1. The average molecular weight is 405 g/mol. The molecule has 0 saturated heterocycles. The Labute approximate surface area is 132 Å². The highest BCUT2D eigenvalue weighted by molar-refractivity contribution is 9.12. The van der Waals surface area contributed by atoms with Gasteiger partial charge in [0.2, 0.25) is 0 Å². The van der Waals surface area contributed by atoms with Gasteiger partial charge in [0.05, 0.1) is 25.4 Å². The Balaban J connectivity index is 2.50. The van der Waals surface area contributed by atoms with E-state index in [-0.39, 0.29) is 5.78 Å². The molecule has 3 nitrogen and oxygen atoms in total. The molecule has 100 valence electrons. The van der Waals surface area contributed by atoms with Crippen LogP contribution in [-0.2, 0) is 0 Å². The monoisotopic (exact) mass is 403 g/mol. The van der Waals surface area contributed by atoms with Crippen LogP contribution in [-0.4, -0.2) is 12.4 Å². The van der Waals surface area contributed by atoms with E-state index in [0.717, 1.165) is 7.57 Å². The molecular formula is C13H11Br2NO2S. The van der Waals surface area contributed by atoms with E-state index < -0.39 is 0 Å². The zero-order valence-electron chi connectivity index (χ0n) is 10.1. The maximum absolute atomic E-state index is 12.5. The summed E-state index contributed by atoms with van der Waals surface area (Å²) in [5, 5.41) is 0. The van der Waals surface area contributed by atoms with Crippen LogP contribution in [0.15, 0.2) is 31.8 Å². The minimum absolute atomic E-state index is 0.107. The molecule has 0 aliphatic rings. The van der Waals surface area contributed by atoms with Crippen LogP contribution in [0.5, 0.6) is 5.75 Å². The van der Waals surface area contributed by atoms with Gasteiger partial charge >= 0.3 is 0 Å². The number of rotatable bonds is 4. The number of hydrogen-bond acceptors (Lipinski definition) is 4. The van der Waals surface area contributed by atoms with Crippen molar-refractivity contribution in [2.75, 3.05) is 12.3 Å². The van der Waals surface area contributed by atoms with Crippen molar-refractivity contribution in [2.24, 2.45) is 0 Å². The van der Waals surface area contributed by atoms with Crippen molar-refractivity contribution in [1.82, 2.24) is 0 Å². The van der Waals surface area contributed by atoms with Crippen LogP contribution in [0.1, 0.15) is 22.8 Å². The normalized spacial score (nSPS) is 10.5. The summed E-state index contributed by atoms with van der Waals surface area (Å²) in [7, 11) is 0. The molecule has 0 amide bonds. The van der Waals surface area contributed by atoms with Gasteiger partial charge in [0.25, 0.3) is 0 Å². The minimum atomic E-state index is -0.107. The van der Waals surface area contributed by atoms with E-state index in [4.69, 9.17) is 10.5 Å². The van der Waals surface area contributed by atoms with E-state index in [1.807, 2.05) is 6.92 Å². The first-order valence-corrected chi connectivity index (χ1v) is 7.95. The third kappa shape index (κ3) is 3.01. The molecule has 0 saturated carbocycles. The maximum Gasteiger partial charge on any atom is 0.198 e. The fraction of sp³-hybridized carbons (Fsp3) is 0.154. The quantitative estimate of drug-likeness (QED) is 0.603. The number of anilines is 1. The fourth-order valence-electron chi connectivity index (χ4n) is 1.68. The van der Waals surface area contributed by atoms with Crippen LogP contribution in [0, 0.1) is 0 Å². The third-order valence-corrected chi connectivity index (χ3v) is 4.82. The summed E-state index contributed by atoms with van der Waals surface area (Å²) in [5.41, 5.74) is 7.42. The zero-order chi connectivity index (χ0) is 14.0. The predicted octanol–water partition coefficient (Wildman–Crippen LogP) is 4.49. The van der Waals surface area contributed by atoms with Gasteiger partial charge in [-0.25, -0.2) is 0 Å². The first-order chi connectivity index (χ1) is 9.04. The topological polar surface area (TPSA) is 52.3 Å². The van der Waals surface area contributed by atoms with Gasteiger partial charge in [-0.2, -0.15) is 0 Å². The van der Waals surface area contributed by atoms with Crippen LogP contribution in [0.25, 0.3) is 0 Å². The average Bonchev–Trinajstić information content (AvgIpc) is 2.70. The number of thiophene rings is 1. The number of nitrogens with two attached hydrogens (primary N) is 1. The van der Waals surface area contributed by atoms with E-state index in [1.54, 1.807) is 24.3 Å². The molecule has 0 radical (unpaired) electrons. The molecule has 1 heterocycles. The molecule has 2 aromatic rings. The molecule has 0 bridgehead atoms. The van der Waals surface area contributed by atoms with Crippen LogP contribution in [0.2, 0.25) is 0 Å². The van der Waals surface area contributed by atoms with Crippen molar-refractivity contribution >= 4 is 54.7 Å². The second kappa shape index (κ2) is 6.07. The largest absolute Gasteiger partial charge is 0.491 e. The van der Waals surface area contributed by atoms with Gasteiger partial charge in [0, 0.05) is 5.56 Å². The Kier molecular flexibility index (Phi) is 4.65. The van der Waals surface area contributed by atoms with Crippen LogP contribution in [0.4, 0.5) is 5.69 Å². The molecule has 0 aliphatic carbocycles. The van der Waals surface area contributed by atoms with Crippen LogP contribution >= 0.6 is 43.2 Å². The highest BCUT2D eigenvalue weighted by Crippen LogP contribution is 2.36. The predicted molar refractivity (Wildman–Crippen MR) is 85.2 cm³/mol. The number of hydrogen-bond donors (Lipinski definition) is 1. The first-order valence-electron chi connectivity index (χ1n) is 5.55. The Hall–Kier alpha value is -0.850. The van der Waals surface area contributed by atoms with E-state index >= 15 is 0 Å². The summed E-state index contributed by atoms with van der Waals surface area (Å²) >= 11 is 8.22. The minimum Gasteiger partial charge on any atom is -0.491 e. The second-order valence-corrected chi connectivity index (χ2v) is 7.47. The highest BCUT2D eigenvalue weighted by Gasteiger charge is 2.20. The van der Waals surface area contributed by atoms with E-state index in [2.05, 4.69) is 31.9 Å². The van der Waals surface area contributed by atoms with Gasteiger partial charge in [-0.15, -0.1) is 11.3 Å². The Morgan fingerprint density at radius 3 is 2.68 bits per heavy atom. The van der Waals surface area contributed by atoms with E-state index in [0.29, 0.717) is 29.2 Å². The number of ketones is 1. The number of halogens is 2. The molecule has 0 atom stereocenters. The number of ether oxygens (including phenoxy) is 1. The van der Waals surface area contributed by atoms with Crippen molar-refractivity contribution in [2.45, 2.75) is 6.92 Å². The van der Waals surface area contributed by atoms with E-state index in [1.165, 1.54) is 11.3 Å². The van der Waals surface area contributed by atoms with Crippen LogP contribution < -0.4 is 10.5 Å². The van der Waals surface area contributed by atoms with Gasteiger partial charge in [0.1, 0.15) is 0 Å². The Bertz CT molecular complexity index is 625. The smallest absolute Gasteiger partial charge is 0.198 e. The SMILES string of the molecule is CCOc1c(N)cccc1C(=O)c1cc(Br)sc1Br. The molecule has 2 rings (SSSR count). The molecule has 2 N–H and O–H groups in total. The molecule has 19 heavy (non-hydrogen) atoms.